The molecular formula is C46H81NO4P2. The Kier molecular flexibility index (Phi) is 28.2. The standard InChI is InChI=1S/C46H81NO4P2/c48-37-25-13-5-1-9-21-33-45(52,34-22-10-2-6-14-26-38-49)41-29-17-19-31-43(41)47-44-32-20-18-30-42(44)46(53,35-23-11-3-7-15-27-39-50)36-24-12-4-8-16-28-40-51/h17-20,29-32,47-51H,1-16,21-28,33-40,52-53H2. The van der Waals surface area contributed by atoms with Crippen molar-refractivity contribution in [2.45, 2.75) is 190 Å². The van der Waals surface area contributed by atoms with Crippen molar-refractivity contribution in [2.75, 3.05) is 31.7 Å². The number of rotatable bonds is 36. The predicted molar refractivity (Wildman–Crippen MR) is 237 cm³/mol. The highest BCUT2D eigenvalue weighted by atomic mass is 31.0. The lowest BCUT2D eigenvalue weighted by Gasteiger charge is -2.35. The van der Waals surface area contributed by atoms with Gasteiger partial charge in [0, 0.05) is 48.1 Å². The van der Waals surface area contributed by atoms with E-state index in [-0.39, 0.29) is 10.3 Å². The van der Waals surface area contributed by atoms with Gasteiger partial charge in [-0.15, -0.1) is 18.5 Å². The smallest absolute Gasteiger partial charge is 0.0431 e. The molecule has 0 bridgehead atoms. The number of aliphatic hydroxyl groups is 4. The number of para-hydroxylation sites is 2. The summed E-state index contributed by atoms with van der Waals surface area (Å²) in [6.45, 7) is 1.21. The Labute approximate surface area is 330 Å². The van der Waals surface area contributed by atoms with Gasteiger partial charge < -0.3 is 25.7 Å². The molecule has 2 aromatic rings. The Morgan fingerprint density at radius 2 is 0.566 bits per heavy atom. The number of benzene rings is 2. The molecule has 0 aliphatic heterocycles. The topological polar surface area (TPSA) is 93.0 Å². The number of hydrogen-bond donors (Lipinski definition) is 5. The Bertz CT molecular complexity index is 1020. The Morgan fingerprint density at radius 3 is 0.830 bits per heavy atom. The van der Waals surface area contributed by atoms with Crippen molar-refractivity contribution < 1.29 is 20.4 Å². The van der Waals surface area contributed by atoms with Gasteiger partial charge in [-0.2, -0.15) is 0 Å². The molecule has 0 fully saturated rings. The molecule has 0 heterocycles. The van der Waals surface area contributed by atoms with Gasteiger partial charge in [-0.3, -0.25) is 0 Å². The van der Waals surface area contributed by atoms with E-state index < -0.39 is 0 Å². The number of nitrogens with one attached hydrogen (secondary N) is 1. The zero-order chi connectivity index (χ0) is 38.3. The first-order chi connectivity index (χ1) is 25.9. The Balaban J connectivity index is 2.28. The molecule has 0 aliphatic rings. The first-order valence-corrected chi connectivity index (χ1v) is 23.1. The van der Waals surface area contributed by atoms with Crippen LogP contribution in [0.4, 0.5) is 11.4 Å². The van der Waals surface area contributed by atoms with Gasteiger partial charge in [0.2, 0.25) is 0 Å². The van der Waals surface area contributed by atoms with Crippen LogP contribution in [-0.2, 0) is 10.3 Å². The van der Waals surface area contributed by atoms with Gasteiger partial charge in [-0.25, -0.2) is 0 Å². The van der Waals surface area contributed by atoms with E-state index >= 15 is 0 Å². The first-order valence-electron chi connectivity index (χ1n) is 21.9. The van der Waals surface area contributed by atoms with E-state index in [0.717, 1.165) is 77.0 Å². The molecule has 2 unspecified atom stereocenters. The van der Waals surface area contributed by atoms with Crippen molar-refractivity contribution in [3.05, 3.63) is 59.7 Å². The van der Waals surface area contributed by atoms with Crippen molar-refractivity contribution >= 4 is 29.9 Å². The fourth-order valence-electron chi connectivity index (χ4n) is 8.02. The molecule has 0 amide bonds. The monoisotopic (exact) mass is 774 g/mol. The number of hydrogen-bond acceptors (Lipinski definition) is 5. The molecule has 0 saturated carbocycles. The first kappa shape index (κ1) is 48.1. The molecular weight excluding hydrogens is 692 g/mol. The number of unbranched alkanes of at least 4 members (excludes halogenated alkanes) is 20. The largest absolute Gasteiger partial charge is 0.396 e. The maximum atomic E-state index is 9.19. The molecule has 0 aliphatic carbocycles. The molecule has 5 nitrogen and oxygen atoms in total. The van der Waals surface area contributed by atoms with Crippen LogP contribution in [-0.4, -0.2) is 46.9 Å². The third kappa shape index (κ3) is 20.6. The highest BCUT2D eigenvalue weighted by Gasteiger charge is 2.31. The highest BCUT2D eigenvalue weighted by molar-refractivity contribution is 7.18. The minimum atomic E-state index is -0.00115. The van der Waals surface area contributed by atoms with Gasteiger partial charge in [0.15, 0.2) is 0 Å². The summed E-state index contributed by atoms with van der Waals surface area (Å²) in [7, 11) is 6.70. The lowest BCUT2D eigenvalue weighted by Crippen LogP contribution is -2.22. The fourth-order valence-corrected chi connectivity index (χ4v) is 9.34. The quantitative estimate of drug-likeness (QED) is 0.0351. The van der Waals surface area contributed by atoms with Gasteiger partial charge in [0.05, 0.1) is 0 Å². The van der Waals surface area contributed by atoms with Crippen LogP contribution in [0, 0.1) is 0 Å². The average molecular weight is 774 g/mol. The van der Waals surface area contributed by atoms with Gasteiger partial charge in [0.25, 0.3) is 0 Å². The molecule has 0 saturated heterocycles. The minimum Gasteiger partial charge on any atom is -0.396 e. The molecule has 2 rings (SSSR count). The Hall–Kier alpha value is -1.06. The minimum absolute atomic E-state index is 0.00115. The van der Waals surface area contributed by atoms with E-state index in [1.807, 2.05) is 0 Å². The maximum Gasteiger partial charge on any atom is 0.0431 e. The lowest BCUT2D eigenvalue weighted by molar-refractivity contribution is 0.281. The van der Waals surface area contributed by atoms with Crippen LogP contribution in [0.2, 0.25) is 0 Å². The van der Waals surface area contributed by atoms with Gasteiger partial charge in [-0.05, 0) is 74.6 Å². The molecule has 53 heavy (non-hydrogen) atoms. The van der Waals surface area contributed by atoms with Crippen LogP contribution in [0.25, 0.3) is 0 Å². The SMILES string of the molecule is OCCCCCCCCC(P)(CCCCCCCCO)c1ccccc1Nc1ccccc1C(P)(CCCCCCCCO)CCCCCCCCO. The van der Waals surface area contributed by atoms with Gasteiger partial charge >= 0.3 is 0 Å². The van der Waals surface area contributed by atoms with Crippen LogP contribution in [0.5, 0.6) is 0 Å². The van der Waals surface area contributed by atoms with Crippen LogP contribution >= 0.6 is 18.5 Å². The zero-order valence-electron chi connectivity index (χ0n) is 33.7. The van der Waals surface area contributed by atoms with Crippen molar-refractivity contribution in [2.24, 2.45) is 0 Å². The summed E-state index contributed by atoms with van der Waals surface area (Å²) in [5, 5.41) is 40.8. The van der Waals surface area contributed by atoms with E-state index in [4.69, 9.17) is 0 Å². The number of aliphatic hydroxyl groups excluding tert-OH is 4. The molecule has 0 spiro atoms. The number of anilines is 2. The van der Waals surface area contributed by atoms with Crippen molar-refractivity contribution in [3.63, 3.8) is 0 Å². The summed E-state index contributed by atoms with van der Waals surface area (Å²) in [4.78, 5) is 0. The Morgan fingerprint density at radius 1 is 0.340 bits per heavy atom. The normalized spacial score (nSPS) is 12.1. The maximum absolute atomic E-state index is 9.19. The van der Waals surface area contributed by atoms with Crippen molar-refractivity contribution in [3.8, 4) is 0 Å². The van der Waals surface area contributed by atoms with E-state index in [9.17, 15) is 20.4 Å². The third-order valence-electron chi connectivity index (χ3n) is 11.3. The van der Waals surface area contributed by atoms with E-state index in [0.29, 0.717) is 26.4 Å². The van der Waals surface area contributed by atoms with E-state index in [1.54, 1.807) is 0 Å². The van der Waals surface area contributed by atoms with Crippen LogP contribution < -0.4 is 5.32 Å². The second kappa shape index (κ2) is 31.1. The summed E-state index contributed by atoms with van der Waals surface area (Å²) < 4.78 is 0. The van der Waals surface area contributed by atoms with Crippen molar-refractivity contribution in [1.82, 2.24) is 0 Å². The van der Waals surface area contributed by atoms with Crippen LogP contribution in [0.1, 0.15) is 191 Å². The van der Waals surface area contributed by atoms with Gasteiger partial charge in [0.1, 0.15) is 0 Å². The van der Waals surface area contributed by atoms with Gasteiger partial charge in [-0.1, -0.05) is 165 Å². The summed E-state index contributed by atoms with van der Waals surface area (Å²) in [6, 6.07) is 18.1. The van der Waals surface area contributed by atoms with Crippen molar-refractivity contribution in [1.29, 1.82) is 0 Å². The lowest BCUT2D eigenvalue weighted by atomic mass is 9.84. The van der Waals surface area contributed by atoms with E-state index in [2.05, 4.69) is 72.3 Å². The summed E-state index contributed by atoms with van der Waals surface area (Å²) in [5.74, 6) is 0. The second-order valence-electron chi connectivity index (χ2n) is 15.9. The summed E-state index contributed by atoms with van der Waals surface area (Å²) in [6.07, 6.45) is 32.3. The fraction of sp³-hybridized carbons (Fsp3) is 0.739. The molecule has 5 N–H and O–H groups in total. The molecule has 0 aromatic heterocycles. The van der Waals surface area contributed by atoms with Crippen LogP contribution in [0.15, 0.2) is 48.5 Å². The molecule has 0 radical (unpaired) electrons. The molecule has 2 aromatic carbocycles. The highest BCUT2D eigenvalue weighted by Crippen LogP contribution is 2.48. The summed E-state index contributed by atoms with van der Waals surface area (Å²) >= 11 is 0. The molecule has 2 atom stereocenters. The average Bonchev–Trinajstić information content (AvgIpc) is 3.17. The second-order valence-corrected chi connectivity index (χ2v) is 18.1. The summed E-state index contributed by atoms with van der Waals surface area (Å²) in [5.41, 5.74) is 5.25. The molecule has 304 valence electrons. The molecule has 7 heteroatoms. The zero-order valence-corrected chi connectivity index (χ0v) is 36.0. The van der Waals surface area contributed by atoms with E-state index in [1.165, 1.54) is 125 Å². The van der Waals surface area contributed by atoms with Crippen LogP contribution in [0.3, 0.4) is 0 Å². The third-order valence-corrected chi connectivity index (χ3v) is 13.1. The predicted octanol–water partition coefficient (Wildman–Crippen LogP) is 12.5.